The standard InChI is InChI=1S/C21H25BrFNO2/c1-25-20-11-16(13-24-18-5-3-2-4-6-18)19(22)12-21(20)26-14-15-7-9-17(23)10-8-15/h7-12,18,24H,2-6,13-14H2,1H3. The summed E-state index contributed by atoms with van der Waals surface area (Å²) >= 11 is 3.65. The van der Waals surface area contributed by atoms with Crippen molar-refractivity contribution in [2.45, 2.75) is 51.3 Å². The van der Waals surface area contributed by atoms with Gasteiger partial charge in [-0.05, 0) is 48.2 Å². The van der Waals surface area contributed by atoms with Crippen molar-refractivity contribution < 1.29 is 13.9 Å². The van der Waals surface area contributed by atoms with Crippen molar-refractivity contribution in [3.05, 3.63) is 57.8 Å². The molecule has 3 rings (SSSR count). The van der Waals surface area contributed by atoms with E-state index in [1.807, 2.05) is 12.1 Å². The first-order valence-corrected chi connectivity index (χ1v) is 9.92. The molecular weight excluding hydrogens is 397 g/mol. The summed E-state index contributed by atoms with van der Waals surface area (Å²) in [6.45, 7) is 1.17. The second-order valence-electron chi connectivity index (χ2n) is 6.73. The number of hydrogen-bond donors (Lipinski definition) is 1. The predicted octanol–water partition coefficient (Wildman–Crippen LogP) is 5.60. The molecule has 2 aromatic carbocycles. The number of benzene rings is 2. The smallest absolute Gasteiger partial charge is 0.162 e. The van der Waals surface area contributed by atoms with Gasteiger partial charge >= 0.3 is 0 Å². The van der Waals surface area contributed by atoms with Crippen LogP contribution in [-0.2, 0) is 13.2 Å². The molecule has 3 nitrogen and oxygen atoms in total. The van der Waals surface area contributed by atoms with Crippen LogP contribution in [0.25, 0.3) is 0 Å². The molecule has 1 aliphatic carbocycles. The van der Waals surface area contributed by atoms with Crippen molar-refractivity contribution in [3.63, 3.8) is 0 Å². The van der Waals surface area contributed by atoms with E-state index in [0.29, 0.717) is 24.1 Å². The lowest BCUT2D eigenvalue weighted by Gasteiger charge is -2.23. The van der Waals surface area contributed by atoms with Gasteiger partial charge in [0.2, 0.25) is 0 Å². The Hall–Kier alpha value is -1.59. The first-order chi connectivity index (χ1) is 12.7. The van der Waals surface area contributed by atoms with Gasteiger partial charge in [0.15, 0.2) is 11.5 Å². The van der Waals surface area contributed by atoms with Gasteiger partial charge in [0.1, 0.15) is 12.4 Å². The lowest BCUT2D eigenvalue weighted by molar-refractivity contribution is 0.284. The van der Waals surface area contributed by atoms with E-state index in [4.69, 9.17) is 9.47 Å². The Bertz CT molecular complexity index is 715. The molecule has 0 aromatic heterocycles. The maximum atomic E-state index is 13.0. The quantitative estimate of drug-likeness (QED) is 0.630. The van der Waals surface area contributed by atoms with E-state index in [0.717, 1.165) is 22.1 Å². The minimum absolute atomic E-state index is 0.246. The van der Waals surface area contributed by atoms with E-state index in [2.05, 4.69) is 21.2 Å². The number of rotatable bonds is 7. The first kappa shape index (κ1) is 19.2. The van der Waals surface area contributed by atoms with Gasteiger partial charge < -0.3 is 14.8 Å². The number of nitrogens with one attached hydrogen (secondary N) is 1. The van der Waals surface area contributed by atoms with Crippen molar-refractivity contribution in [3.8, 4) is 11.5 Å². The summed E-state index contributed by atoms with van der Waals surface area (Å²) in [7, 11) is 1.65. The van der Waals surface area contributed by atoms with E-state index < -0.39 is 0 Å². The fraction of sp³-hybridized carbons (Fsp3) is 0.429. The van der Waals surface area contributed by atoms with Gasteiger partial charge in [0, 0.05) is 17.1 Å². The molecular formula is C21H25BrFNO2. The van der Waals surface area contributed by atoms with Crippen LogP contribution in [0.5, 0.6) is 11.5 Å². The highest BCUT2D eigenvalue weighted by Gasteiger charge is 2.15. The van der Waals surface area contributed by atoms with Gasteiger partial charge in [0.05, 0.1) is 7.11 Å². The van der Waals surface area contributed by atoms with Crippen LogP contribution in [0, 0.1) is 5.82 Å². The van der Waals surface area contributed by atoms with E-state index in [9.17, 15) is 4.39 Å². The summed E-state index contributed by atoms with van der Waals surface area (Å²) in [5, 5.41) is 3.65. The third-order valence-electron chi connectivity index (χ3n) is 4.83. The summed E-state index contributed by atoms with van der Waals surface area (Å²) in [6, 6.07) is 10.9. The van der Waals surface area contributed by atoms with Crippen LogP contribution in [0.15, 0.2) is 40.9 Å². The fourth-order valence-corrected chi connectivity index (χ4v) is 3.75. The van der Waals surface area contributed by atoms with E-state index in [1.54, 1.807) is 19.2 Å². The molecule has 0 spiro atoms. The molecule has 0 amide bonds. The zero-order valence-electron chi connectivity index (χ0n) is 15.1. The van der Waals surface area contributed by atoms with Gasteiger partial charge in [-0.3, -0.25) is 0 Å². The average Bonchev–Trinajstić information content (AvgIpc) is 2.67. The summed E-state index contributed by atoms with van der Waals surface area (Å²) in [4.78, 5) is 0. The molecule has 0 saturated heterocycles. The SMILES string of the molecule is COc1cc(CNC2CCCCC2)c(Br)cc1OCc1ccc(F)cc1. The Morgan fingerprint density at radius 2 is 1.81 bits per heavy atom. The van der Waals surface area contributed by atoms with Crippen molar-refractivity contribution in [2.75, 3.05) is 7.11 Å². The minimum atomic E-state index is -0.246. The van der Waals surface area contributed by atoms with E-state index in [1.165, 1.54) is 44.2 Å². The van der Waals surface area contributed by atoms with Crippen LogP contribution in [-0.4, -0.2) is 13.2 Å². The number of ether oxygens (including phenoxy) is 2. The maximum Gasteiger partial charge on any atom is 0.162 e. The Balaban J connectivity index is 1.64. The van der Waals surface area contributed by atoms with Gasteiger partial charge in [-0.15, -0.1) is 0 Å². The minimum Gasteiger partial charge on any atom is -0.493 e. The Labute approximate surface area is 163 Å². The molecule has 0 bridgehead atoms. The lowest BCUT2D eigenvalue weighted by atomic mass is 9.95. The van der Waals surface area contributed by atoms with Crippen LogP contribution in [0.1, 0.15) is 43.2 Å². The normalized spacial score (nSPS) is 15.0. The second-order valence-corrected chi connectivity index (χ2v) is 7.58. The van der Waals surface area contributed by atoms with Crippen molar-refractivity contribution in [1.82, 2.24) is 5.32 Å². The Morgan fingerprint density at radius 3 is 2.50 bits per heavy atom. The van der Waals surface area contributed by atoms with Gasteiger partial charge in [-0.1, -0.05) is 47.3 Å². The molecule has 0 unspecified atom stereocenters. The van der Waals surface area contributed by atoms with Crippen LogP contribution in [0.3, 0.4) is 0 Å². The largest absolute Gasteiger partial charge is 0.493 e. The highest BCUT2D eigenvalue weighted by molar-refractivity contribution is 9.10. The fourth-order valence-electron chi connectivity index (χ4n) is 3.29. The van der Waals surface area contributed by atoms with Crippen LogP contribution in [0.4, 0.5) is 4.39 Å². The lowest BCUT2D eigenvalue weighted by Crippen LogP contribution is -2.30. The van der Waals surface area contributed by atoms with E-state index >= 15 is 0 Å². The third-order valence-corrected chi connectivity index (χ3v) is 5.56. The number of methoxy groups -OCH3 is 1. The highest BCUT2D eigenvalue weighted by atomic mass is 79.9. The molecule has 0 heterocycles. The molecule has 0 atom stereocenters. The molecule has 1 aliphatic rings. The van der Waals surface area contributed by atoms with Crippen LogP contribution < -0.4 is 14.8 Å². The molecule has 2 aromatic rings. The van der Waals surface area contributed by atoms with Crippen LogP contribution >= 0.6 is 15.9 Å². The first-order valence-electron chi connectivity index (χ1n) is 9.13. The van der Waals surface area contributed by atoms with Gasteiger partial charge in [0.25, 0.3) is 0 Å². The van der Waals surface area contributed by atoms with Crippen molar-refractivity contribution in [2.24, 2.45) is 0 Å². The topological polar surface area (TPSA) is 30.5 Å². The molecule has 26 heavy (non-hydrogen) atoms. The second kappa shape index (κ2) is 9.38. The average molecular weight is 422 g/mol. The molecule has 0 aliphatic heterocycles. The molecule has 1 saturated carbocycles. The monoisotopic (exact) mass is 421 g/mol. The molecule has 1 fully saturated rings. The Kier molecular flexibility index (Phi) is 6.92. The van der Waals surface area contributed by atoms with Crippen molar-refractivity contribution >= 4 is 15.9 Å². The van der Waals surface area contributed by atoms with Crippen LogP contribution in [0.2, 0.25) is 0 Å². The summed E-state index contributed by atoms with van der Waals surface area (Å²) in [5.41, 5.74) is 2.06. The van der Waals surface area contributed by atoms with Gasteiger partial charge in [-0.25, -0.2) is 4.39 Å². The zero-order chi connectivity index (χ0) is 18.4. The third kappa shape index (κ3) is 5.21. The number of halogens is 2. The molecule has 140 valence electrons. The summed E-state index contributed by atoms with van der Waals surface area (Å²) in [6.07, 6.45) is 6.51. The molecule has 0 radical (unpaired) electrons. The Morgan fingerprint density at radius 1 is 1.08 bits per heavy atom. The molecule has 1 N–H and O–H groups in total. The summed E-state index contributed by atoms with van der Waals surface area (Å²) in [5.74, 6) is 1.13. The zero-order valence-corrected chi connectivity index (χ0v) is 16.6. The van der Waals surface area contributed by atoms with Crippen molar-refractivity contribution in [1.29, 1.82) is 0 Å². The highest BCUT2D eigenvalue weighted by Crippen LogP contribution is 2.34. The van der Waals surface area contributed by atoms with Gasteiger partial charge in [-0.2, -0.15) is 0 Å². The molecule has 5 heteroatoms. The summed E-state index contributed by atoms with van der Waals surface area (Å²) < 4.78 is 25.4. The predicted molar refractivity (Wildman–Crippen MR) is 105 cm³/mol. The van der Waals surface area contributed by atoms with E-state index in [-0.39, 0.29) is 5.82 Å². The number of hydrogen-bond acceptors (Lipinski definition) is 3. The maximum absolute atomic E-state index is 13.0.